The van der Waals surface area contributed by atoms with E-state index in [1.165, 1.54) is 31.7 Å². The van der Waals surface area contributed by atoms with Crippen LogP contribution in [-0.2, 0) is 6.54 Å². The SMILES string of the molecule is COc1cn(Cc2cc(F)cc(Cl)c2)c(Nc2cc(-c3ncco3)ccc2C)nc1=O. The van der Waals surface area contributed by atoms with E-state index in [0.717, 1.165) is 11.1 Å². The molecular formula is C22H18ClFN4O3. The van der Waals surface area contributed by atoms with Gasteiger partial charge in [-0.25, -0.2) is 9.37 Å². The maximum absolute atomic E-state index is 13.8. The molecule has 0 atom stereocenters. The monoisotopic (exact) mass is 440 g/mol. The van der Waals surface area contributed by atoms with Gasteiger partial charge in [0.2, 0.25) is 17.6 Å². The van der Waals surface area contributed by atoms with E-state index in [1.54, 1.807) is 16.8 Å². The van der Waals surface area contributed by atoms with Crippen molar-refractivity contribution in [2.75, 3.05) is 12.4 Å². The third kappa shape index (κ3) is 4.59. The molecule has 2 aromatic heterocycles. The number of nitrogens with zero attached hydrogens (tertiary/aromatic N) is 3. The number of nitrogens with one attached hydrogen (secondary N) is 1. The maximum Gasteiger partial charge on any atom is 0.316 e. The number of benzene rings is 2. The quantitative estimate of drug-likeness (QED) is 0.463. The summed E-state index contributed by atoms with van der Waals surface area (Å²) in [6.45, 7) is 2.13. The van der Waals surface area contributed by atoms with Crippen LogP contribution < -0.4 is 15.6 Å². The summed E-state index contributed by atoms with van der Waals surface area (Å²) in [6, 6.07) is 9.88. The molecule has 9 heteroatoms. The van der Waals surface area contributed by atoms with Gasteiger partial charge in [-0.15, -0.1) is 0 Å². The molecule has 4 aromatic rings. The average Bonchev–Trinajstić information content (AvgIpc) is 3.25. The number of rotatable bonds is 6. The van der Waals surface area contributed by atoms with E-state index < -0.39 is 11.4 Å². The number of hydrogen-bond donors (Lipinski definition) is 1. The fraction of sp³-hybridized carbons (Fsp3) is 0.136. The third-order valence-electron chi connectivity index (χ3n) is 4.62. The minimum Gasteiger partial charge on any atom is -0.490 e. The third-order valence-corrected chi connectivity index (χ3v) is 4.84. The predicted molar refractivity (Wildman–Crippen MR) is 116 cm³/mol. The van der Waals surface area contributed by atoms with Crippen molar-refractivity contribution in [2.24, 2.45) is 0 Å². The number of aryl methyl sites for hydroxylation is 1. The van der Waals surface area contributed by atoms with Crippen LogP contribution in [0.4, 0.5) is 16.0 Å². The summed E-state index contributed by atoms with van der Waals surface area (Å²) in [4.78, 5) is 20.6. The highest BCUT2D eigenvalue weighted by Gasteiger charge is 2.13. The van der Waals surface area contributed by atoms with Gasteiger partial charge in [-0.2, -0.15) is 4.98 Å². The first-order valence-corrected chi connectivity index (χ1v) is 9.68. The molecular weight excluding hydrogens is 423 g/mol. The zero-order valence-electron chi connectivity index (χ0n) is 16.7. The van der Waals surface area contributed by atoms with Crippen LogP contribution in [-0.4, -0.2) is 21.6 Å². The molecule has 158 valence electrons. The van der Waals surface area contributed by atoms with Gasteiger partial charge in [-0.3, -0.25) is 4.79 Å². The van der Waals surface area contributed by atoms with Crippen LogP contribution >= 0.6 is 11.6 Å². The number of methoxy groups -OCH3 is 1. The van der Waals surface area contributed by atoms with E-state index in [4.69, 9.17) is 20.8 Å². The molecule has 0 radical (unpaired) electrons. The lowest BCUT2D eigenvalue weighted by molar-refractivity contribution is 0.402. The fourth-order valence-corrected chi connectivity index (χ4v) is 3.35. The first-order chi connectivity index (χ1) is 14.9. The molecule has 0 amide bonds. The fourth-order valence-electron chi connectivity index (χ4n) is 3.11. The minimum atomic E-state index is -0.528. The lowest BCUT2D eigenvalue weighted by Gasteiger charge is -2.17. The molecule has 0 aliphatic carbocycles. The molecule has 0 saturated carbocycles. The van der Waals surface area contributed by atoms with Gasteiger partial charge in [0.1, 0.15) is 12.1 Å². The second-order valence-corrected chi connectivity index (χ2v) is 7.27. The summed E-state index contributed by atoms with van der Waals surface area (Å²) in [5.41, 5.74) is 2.46. The number of anilines is 2. The van der Waals surface area contributed by atoms with E-state index in [9.17, 15) is 9.18 Å². The molecule has 4 rings (SSSR count). The van der Waals surface area contributed by atoms with Crippen LogP contribution in [0.5, 0.6) is 5.75 Å². The Hall–Kier alpha value is -3.65. The van der Waals surface area contributed by atoms with Gasteiger partial charge >= 0.3 is 5.56 Å². The van der Waals surface area contributed by atoms with Gasteiger partial charge < -0.3 is 19.0 Å². The maximum atomic E-state index is 13.8. The van der Waals surface area contributed by atoms with Gasteiger partial charge in [0, 0.05) is 16.3 Å². The molecule has 0 aliphatic rings. The van der Waals surface area contributed by atoms with Gasteiger partial charge in [0.05, 0.1) is 26.0 Å². The number of aromatic nitrogens is 3. The highest BCUT2D eigenvalue weighted by atomic mass is 35.5. The zero-order chi connectivity index (χ0) is 22.0. The number of halogens is 2. The molecule has 0 unspecified atom stereocenters. The van der Waals surface area contributed by atoms with Crippen molar-refractivity contribution in [2.45, 2.75) is 13.5 Å². The van der Waals surface area contributed by atoms with E-state index in [0.29, 0.717) is 17.1 Å². The number of ether oxygens (including phenoxy) is 1. The molecule has 2 heterocycles. The van der Waals surface area contributed by atoms with E-state index in [-0.39, 0.29) is 23.3 Å². The van der Waals surface area contributed by atoms with Gasteiger partial charge in [0.15, 0.2) is 0 Å². The molecule has 0 aliphatic heterocycles. The standard InChI is InChI=1S/C22H18ClFN4O3/c1-13-3-4-15(21-25-5-6-31-21)9-18(13)26-22-27-20(29)19(30-2)12-28(22)11-14-7-16(23)10-17(24)8-14/h3-10,12H,11H2,1-2H3,(H,26,27,29). The molecule has 7 nitrogen and oxygen atoms in total. The molecule has 2 aromatic carbocycles. The van der Waals surface area contributed by atoms with Gasteiger partial charge in [-0.05, 0) is 48.4 Å². The Bertz CT molecular complexity index is 1270. The summed E-state index contributed by atoms with van der Waals surface area (Å²) in [5, 5.41) is 3.46. The molecule has 0 bridgehead atoms. The lowest BCUT2D eigenvalue weighted by Crippen LogP contribution is -2.19. The summed E-state index contributed by atoms with van der Waals surface area (Å²) >= 11 is 5.99. The van der Waals surface area contributed by atoms with E-state index in [2.05, 4.69) is 15.3 Å². The first kappa shape index (κ1) is 20.6. The summed E-state index contributed by atoms with van der Waals surface area (Å²) in [6.07, 6.45) is 4.58. The van der Waals surface area contributed by atoms with E-state index >= 15 is 0 Å². The largest absolute Gasteiger partial charge is 0.490 e. The van der Waals surface area contributed by atoms with Crippen LogP contribution in [0.15, 0.2) is 64.3 Å². The van der Waals surface area contributed by atoms with Crippen LogP contribution in [0.3, 0.4) is 0 Å². The smallest absolute Gasteiger partial charge is 0.316 e. The molecule has 0 saturated heterocycles. The minimum absolute atomic E-state index is 0.0679. The van der Waals surface area contributed by atoms with E-state index in [1.807, 2.05) is 25.1 Å². The average molecular weight is 441 g/mol. The van der Waals surface area contributed by atoms with Crippen molar-refractivity contribution in [3.05, 3.63) is 87.4 Å². The van der Waals surface area contributed by atoms with Crippen molar-refractivity contribution in [3.63, 3.8) is 0 Å². The topological polar surface area (TPSA) is 82.2 Å². The summed E-state index contributed by atoms with van der Waals surface area (Å²) in [7, 11) is 1.39. The molecule has 1 N–H and O–H groups in total. The highest BCUT2D eigenvalue weighted by molar-refractivity contribution is 6.30. The second kappa shape index (κ2) is 8.61. The normalized spacial score (nSPS) is 10.8. The Kier molecular flexibility index (Phi) is 5.73. The summed E-state index contributed by atoms with van der Waals surface area (Å²) < 4.78 is 25.9. The molecule has 0 fully saturated rings. The van der Waals surface area contributed by atoms with Crippen molar-refractivity contribution < 1.29 is 13.5 Å². The summed E-state index contributed by atoms with van der Waals surface area (Å²) in [5.74, 6) is 0.349. The first-order valence-electron chi connectivity index (χ1n) is 9.31. The van der Waals surface area contributed by atoms with Gasteiger partial charge in [-0.1, -0.05) is 17.7 Å². The Morgan fingerprint density at radius 1 is 1.26 bits per heavy atom. The van der Waals surface area contributed by atoms with Crippen LogP contribution in [0.1, 0.15) is 11.1 Å². The van der Waals surface area contributed by atoms with Crippen LogP contribution in [0.2, 0.25) is 5.02 Å². The highest BCUT2D eigenvalue weighted by Crippen LogP contribution is 2.27. The zero-order valence-corrected chi connectivity index (χ0v) is 17.5. The Balaban J connectivity index is 1.75. The lowest BCUT2D eigenvalue weighted by atomic mass is 10.1. The Morgan fingerprint density at radius 3 is 2.81 bits per heavy atom. The van der Waals surface area contributed by atoms with Crippen molar-refractivity contribution in [3.8, 4) is 17.2 Å². The number of hydrogen-bond acceptors (Lipinski definition) is 6. The van der Waals surface area contributed by atoms with Crippen LogP contribution in [0.25, 0.3) is 11.5 Å². The second-order valence-electron chi connectivity index (χ2n) is 6.84. The van der Waals surface area contributed by atoms with Crippen molar-refractivity contribution in [1.29, 1.82) is 0 Å². The molecule has 31 heavy (non-hydrogen) atoms. The van der Waals surface area contributed by atoms with Crippen molar-refractivity contribution >= 4 is 23.2 Å². The van der Waals surface area contributed by atoms with Crippen molar-refractivity contribution in [1.82, 2.24) is 14.5 Å². The van der Waals surface area contributed by atoms with Crippen LogP contribution in [0, 0.1) is 12.7 Å². The van der Waals surface area contributed by atoms with Gasteiger partial charge in [0.25, 0.3) is 0 Å². The number of oxazole rings is 1. The predicted octanol–water partition coefficient (Wildman–Crippen LogP) is 4.80. The Morgan fingerprint density at radius 2 is 2.10 bits per heavy atom. The molecule has 0 spiro atoms. The Labute approximate surface area is 182 Å².